The Morgan fingerprint density at radius 1 is 1.28 bits per heavy atom. The number of hydrogen-bond donors (Lipinski definition) is 1. The van der Waals surface area contributed by atoms with Crippen molar-refractivity contribution in [2.24, 2.45) is 0 Å². The minimum atomic E-state index is -0.305. The number of nitrogens with one attached hydrogen (secondary N) is 1. The second kappa shape index (κ2) is 9.31. The molecule has 6 heteroatoms. The van der Waals surface area contributed by atoms with Gasteiger partial charge in [-0.2, -0.15) is 0 Å². The molecule has 0 amide bonds. The summed E-state index contributed by atoms with van der Waals surface area (Å²) in [7, 11) is 0. The fourth-order valence-electron chi connectivity index (χ4n) is 2.11. The van der Waals surface area contributed by atoms with Gasteiger partial charge in [-0.3, -0.25) is 4.90 Å². The van der Waals surface area contributed by atoms with E-state index in [0.717, 1.165) is 31.7 Å². The van der Waals surface area contributed by atoms with Gasteiger partial charge in [0.25, 0.3) is 0 Å². The van der Waals surface area contributed by atoms with Crippen LogP contribution in [0.4, 0.5) is 4.39 Å². The Morgan fingerprint density at radius 2 is 1.94 bits per heavy atom. The molecule has 0 aliphatic carbocycles. The minimum absolute atomic E-state index is 0. The van der Waals surface area contributed by atoms with Crippen LogP contribution < -0.4 is 5.32 Å². The van der Waals surface area contributed by atoms with Gasteiger partial charge in [0, 0.05) is 29.7 Å². The molecule has 0 saturated carbocycles. The van der Waals surface area contributed by atoms with Gasteiger partial charge in [-0.25, -0.2) is 4.39 Å². The molecule has 1 aliphatic heterocycles. The Hall–Kier alpha value is 0.380. The van der Waals surface area contributed by atoms with Crippen molar-refractivity contribution in [3.63, 3.8) is 0 Å². The fraction of sp³-hybridized carbons (Fsp3) is 0.500. The second-order valence-corrected chi connectivity index (χ2v) is 5.26. The predicted octanol–water partition coefficient (Wildman–Crippen LogP) is 3.05. The Bertz CT molecular complexity index is 349. The molecule has 1 fully saturated rings. The Labute approximate surface area is 134 Å². The molecule has 0 aromatic heterocycles. The van der Waals surface area contributed by atoms with E-state index in [1.807, 2.05) is 18.2 Å². The number of alkyl halides is 1. The molecule has 1 saturated heterocycles. The summed E-state index contributed by atoms with van der Waals surface area (Å²) < 4.78 is 14.4. The van der Waals surface area contributed by atoms with Crippen LogP contribution in [0.1, 0.15) is 11.6 Å². The number of nitrogens with zero attached hydrogens (tertiary/aromatic N) is 1. The van der Waals surface area contributed by atoms with Crippen molar-refractivity contribution in [2.45, 2.75) is 6.04 Å². The SMILES string of the molecule is Cl.Cl.FC[C@H](c1cccc(I)c1)N1CCNCC1. The zero-order valence-corrected chi connectivity index (χ0v) is 13.7. The quantitative estimate of drug-likeness (QED) is 0.776. The van der Waals surface area contributed by atoms with E-state index in [4.69, 9.17) is 0 Å². The van der Waals surface area contributed by atoms with Crippen molar-refractivity contribution in [3.8, 4) is 0 Å². The lowest BCUT2D eigenvalue weighted by atomic mass is 10.1. The molecule has 1 N–H and O–H groups in total. The Morgan fingerprint density at radius 3 is 2.50 bits per heavy atom. The summed E-state index contributed by atoms with van der Waals surface area (Å²) in [5.74, 6) is 0. The topological polar surface area (TPSA) is 15.3 Å². The number of hydrogen-bond acceptors (Lipinski definition) is 2. The van der Waals surface area contributed by atoms with Gasteiger partial charge in [-0.1, -0.05) is 12.1 Å². The van der Waals surface area contributed by atoms with Crippen LogP contribution in [0.5, 0.6) is 0 Å². The van der Waals surface area contributed by atoms with Crippen molar-refractivity contribution in [3.05, 3.63) is 33.4 Å². The molecule has 2 nitrogen and oxygen atoms in total. The van der Waals surface area contributed by atoms with E-state index in [0.29, 0.717) is 0 Å². The molecule has 1 aromatic carbocycles. The molecule has 0 radical (unpaired) electrons. The van der Waals surface area contributed by atoms with E-state index in [1.165, 1.54) is 3.57 Å². The maximum Gasteiger partial charge on any atom is 0.109 e. The van der Waals surface area contributed by atoms with Crippen molar-refractivity contribution in [1.29, 1.82) is 0 Å². The molecular weight excluding hydrogens is 389 g/mol. The smallest absolute Gasteiger partial charge is 0.109 e. The van der Waals surface area contributed by atoms with Gasteiger partial charge < -0.3 is 5.32 Å². The minimum Gasteiger partial charge on any atom is -0.314 e. The number of benzene rings is 1. The molecule has 0 unspecified atom stereocenters. The van der Waals surface area contributed by atoms with Crippen LogP contribution in [-0.4, -0.2) is 37.8 Å². The van der Waals surface area contributed by atoms with Crippen LogP contribution in [0.2, 0.25) is 0 Å². The van der Waals surface area contributed by atoms with E-state index >= 15 is 0 Å². The lowest BCUT2D eigenvalue weighted by Gasteiger charge is -2.33. The van der Waals surface area contributed by atoms with Crippen LogP contribution in [0.3, 0.4) is 0 Å². The second-order valence-electron chi connectivity index (χ2n) is 4.01. The molecule has 104 valence electrons. The van der Waals surface area contributed by atoms with Gasteiger partial charge >= 0.3 is 0 Å². The predicted molar refractivity (Wildman–Crippen MR) is 86.8 cm³/mol. The van der Waals surface area contributed by atoms with E-state index in [9.17, 15) is 4.39 Å². The first-order valence-electron chi connectivity index (χ1n) is 5.57. The Balaban J connectivity index is 0.00000144. The zero-order valence-electron chi connectivity index (χ0n) is 9.94. The summed E-state index contributed by atoms with van der Waals surface area (Å²) in [5, 5.41) is 3.29. The first-order chi connectivity index (χ1) is 7.81. The fourth-order valence-corrected chi connectivity index (χ4v) is 2.67. The number of piperazine rings is 1. The van der Waals surface area contributed by atoms with Gasteiger partial charge in [0.2, 0.25) is 0 Å². The van der Waals surface area contributed by atoms with Crippen LogP contribution in [-0.2, 0) is 0 Å². The summed E-state index contributed by atoms with van der Waals surface area (Å²) in [6, 6.07) is 8.07. The summed E-state index contributed by atoms with van der Waals surface area (Å²) >= 11 is 2.27. The molecule has 1 aliphatic rings. The van der Waals surface area contributed by atoms with E-state index in [2.05, 4.69) is 38.9 Å². The normalized spacial score (nSPS) is 17.4. The molecule has 1 heterocycles. The molecule has 18 heavy (non-hydrogen) atoms. The first-order valence-corrected chi connectivity index (χ1v) is 6.65. The highest BCUT2D eigenvalue weighted by atomic mass is 127. The van der Waals surface area contributed by atoms with E-state index in [1.54, 1.807) is 0 Å². The third kappa shape index (κ3) is 4.81. The van der Waals surface area contributed by atoms with Gasteiger partial charge in [0.15, 0.2) is 0 Å². The molecule has 2 rings (SSSR count). The number of rotatable bonds is 3. The highest BCUT2D eigenvalue weighted by Crippen LogP contribution is 2.23. The highest BCUT2D eigenvalue weighted by Gasteiger charge is 2.21. The average molecular weight is 407 g/mol. The van der Waals surface area contributed by atoms with Crippen LogP contribution in [0.15, 0.2) is 24.3 Å². The zero-order chi connectivity index (χ0) is 11.4. The van der Waals surface area contributed by atoms with Crippen LogP contribution in [0, 0.1) is 3.57 Å². The third-order valence-electron chi connectivity index (χ3n) is 2.97. The van der Waals surface area contributed by atoms with Crippen LogP contribution in [0.25, 0.3) is 0 Å². The lowest BCUT2D eigenvalue weighted by molar-refractivity contribution is 0.147. The van der Waals surface area contributed by atoms with Gasteiger partial charge in [0.05, 0.1) is 6.04 Å². The summed E-state index contributed by atoms with van der Waals surface area (Å²) in [6.45, 7) is 3.47. The van der Waals surface area contributed by atoms with Crippen LogP contribution >= 0.6 is 47.4 Å². The molecule has 1 aromatic rings. The van der Waals surface area contributed by atoms with Crippen molar-refractivity contribution in [2.75, 3.05) is 32.9 Å². The number of halogens is 4. The van der Waals surface area contributed by atoms with Crippen molar-refractivity contribution in [1.82, 2.24) is 10.2 Å². The lowest BCUT2D eigenvalue weighted by Crippen LogP contribution is -2.45. The maximum atomic E-state index is 13.2. The Kier molecular flexibility index (Phi) is 9.51. The van der Waals surface area contributed by atoms with Gasteiger partial charge in [-0.05, 0) is 40.3 Å². The highest BCUT2D eigenvalue weighted by molar-refractivity contribution is 14.1. The molecule has 0 bridgehead atoms. The summed E-state index contributed by atoms with van der Waals surface area (Å²) in [5.41, 5.74) is 1.09. The van der Waals surface area contributed by atoms with Crippen molar-refractivity contribution < 1.29 is 4.39 Å². The average Bonchev–Trinajstić information content (AvgIpc) is 2.31. The maximum absolute atomic E-state index is 13.2. The molecular formula is C12H18Cl2FIN2. The summed E-state index contributed by atoms with van der Waals surface area (Å²) in [4.78, 5) is 2.22. The van der Waals surface area contributed by atoms with Gasteiger partial charge in [-0.15, -0.1) is 24.8 Å². The van der Waals surface area contributed by atoms with Gasteiger partial charge in [0.1, 0.15) is 6.67 Å². The summed E-state index contributed by atoms with van der Waals surface area (Å²) in [6.07, 6.45) is 0. The monoisotopic (exact) mass is 406 g/mol. The van der Waals surface area contributed by atoms with E-state index < -0.39 is 0 Å². The van der Waals surface area contributed by atoms with Crippen molar-refractivity contribution >= 4 is 47.4 Å². The standard InChI is InChI=1S/C12H16FIN2.2ClH/c13-9-12(16-6-4-15-5-7-16)10-2-1-3-11(14)8-10;;/h1-3,8,12,15H,4-7,9H2;2*1H/t12-;;/m1../s1. The first kappa shape index (κ1) is 18.4. The largest absolute Gasteiger partial charge is 0.314 e. The van der Waals surface area contributed by atoms with E-state index in [-0.39, 0.29) is 37.5 Å². The third-order valence-corrected chi connectivity index (χ3v) is 3.64. The molecule has 1 atom stereocenters. The molecule has 0 spiro atoms.